The lowest BCUT2D eigenvalue weighted by molar-refractivity contribution is -0.148. The van der Waals surface area contributed by atoms with Crippen LogP contribution in [0.3, 0.4) is 0 Å². The molecule has 2 aliphatic heterocycles. The first-order chi connectivity index (χ1) is 23.2. The van der Waals surface area contributed by atoms with E-state index in [1.165, 1.54) is 11.8 Å². The molecular weight excluding hydrogens is 632 g/mol. The number of nitrogens with zero attached hydrogens (tertiary/aromatic N) is 2. The number of esters is 2. The van der Waals surface area contributed by atoms with Crippen molar-refractivity contribution in [2.45, 2.75) is 32.6 Å². The van der Waals surface area contributed by atoms with E-state index in [9.17, 15) is 28.8 Å². The van der Waals surface area contributed by atoms with E-state index < -0.39 is 29.7 Å². The van der Waals surface area contributed by atoms with E-state index in [1.54, 1.807) is 6.92 Å². The summed E-state index contributed by atoms with van der Waals surface area (Å²) in [6.07, 6.45) is 5.18. The van der Waals surface area contributed by atoms with Crippen molar-refractivity contribution in [3.63, 3.8) is 0 Å². The summed E-state index contributed by atoms with van der Waals surface area (Å²) >= 11 is 1.35. The number of hydrogen-bond acceptors (Lipinski definition) is 9. The molecule has 2 fully saturated rings. The number of amides is 4. The quantitative estimate of drug-likeness (QED) is 0.123. The second kappa shape index (κ2) is 22.2. The first-order valence-corrected chi connectivity index (χ1v) is 15.4. The van der Waals surface area contributed by atoms with Crippen molar-refractivity contribution in [2.24, 2.45) is 11.8 Å². The molecule has 0 aromatic rings. The highest BCUT2D eigenvalue weighted by Crippen LogP contribution is 2.19. The van der Waals surface area contributed by atoms with Crippen LogP contribution in [0.1, 0.15) is 32.6 Å². The molecule has 2 unspecified atom stereocenters. The van der Waals surface area contributed by atoms with E-state index in [0.29, 0.717) is 11.5 Å². The van der Waals surface area contributed by atoms with Gasteiger partial charge in [0.05, 0.1) is 25.9 Å². The Morgan fingerprint density at radius 1 is 0.667 bits per heavy atom. The van der Waals surface area contributed by atoms with Gasteiger partial charge in [0.1, 0.15) is 19.1 Å². The van der Waals surface area contributed by atoms with Gasteiger partial charge in [-0.05, 0) is 94.7 Å². The first kappa shape index (κ1) is 37.8. The van der Waals surface area contributed by atoms with Gasteiger partial charge in [0.2, 0.25) is 23.6 Å². The van der Waals surface area contributed by atoms with Gasteiger partial charge in [0.15, 0.2) is 0 Å². The van der Waals surface area contributed by atoms with E-state index in [4.69, 9.17) is 15.9 Å². The average Bonchev–Trinajstić information content (AvgIpc) is 3.47. The lowest BCUT2D eigenvalue weighted by Gasteiger charge is -2.14. The Balaban J connectivity index is 1.59. The van der Waals surface area contributed by atoms with Crippen LogP contribution in [0, 0.1) is 119 Å². The molecule has 0 saturated carbocycles. The smallest absolute Gasteiger partial charge is 0.306 e. The Labute approximate surface area is 284 Å². The molecule has 2 heterocycles. The highest BCUT2D eigenvalue weighted by atomic mass is 32.2. The third-order valence-corrected chi connectivity index (χ3v) is 6.95. The Morgan fingerprint density at radius 2 is 1.08 bits per heavy atom. The van der Waals surface area contributed by atoms with E-state index in [1.807, 2.05) is 0 Å². The number of rotatable bonds is 12. The molecule has 0 aromatic carbocycles. The standard InChI is InChI=1S/C37H26N2O8S/c1-3-4-5-6-7-8-9-10-11-12-13-14-15-16-17-18-19-31-29-33(41)39(37(31)45)23-25-47-35(43)21-27-48-26-20-34(42)46-24-22-38-32(40)28-30(2)36(38)44/h1,30-31H,20-29H2,2H3. The topological polar surface area (TPSA) is 127 Å². The van der Waals surface area contributed by atoms with Crippen molar-refractivity contribution in [3.8, 4) is 107 Å². The molecule has 0 N–H and O–H groups in total. The second-order valence-corrected chi connectivity index (χ2v) is 10.6. The van der Waals surface area contributed by atoms with Gasteiger partial charge in [-0.2, -0.15) is 11.8 Å². The van der Waals surface area contributed by atoms with Crippen LogP contribution in [0.2, 0.25) is 0 Å². The summed E-state index contributed by atoms with van der Waals surface area (Å²) in [7, 11) is 0. The Kier molecular flexibility index (Phi) is 17.5. The van der Waals surface area contributed by atoms with Crippen molar-refractivity contribution in [3.05, 3.63) is 0 Å². The van der Waals surface area contributed by atoms with Crippen LogP contribution in [-0.4, -0.2) is 83.2 Å². The van der Waals surface area contributed by atoms with Crippen LogP contribution < -0.4 is 0 Å². The first-order valence-electron chi connectivity index (χ1n) is 14.3. The molecule has 4 amide bonds. The zero-order chi connectivity index (χ0) is 35.0. The number of imide groups is 2. The maximum atomic E-state index is 12.5. The van der Waals surface area contributed by atoms with Gasteiger partial charge in [-0.15, -0.1) is 6.42 Å². The van der Waals surface area contributed by atoms with E-state index in [2.05, 4.69) is 101 Å². The summed E-state index contributed by atoms with van der Waals surface area (Å²) in [6.45, 7) is 1.41. The molecule has 11 heteroatoms. The molecule has 2 atom stereocenters. The molecule has 48 heavy (non-hydrogen) atoms. The highest BCUT2D eigenvalue weighted by molar-refractivity contribution is 7.99. The van der Waals surface area contributed by atoms with Gasteiger partial charge in [-0.1, -0.05) is 12.8 Å². The molecule has 2 saturated heterocycles. The Bertz CT molecular complexity index is 1880. The predicted octanol–water partition coefficient (Wildman–Crippen LogP) is 0.0167. The molecule has 0 radical (unpaired) electrons. The molecule has 238 valence electrons. The summed E-state index contributed by atoms with van der Waals surface area (Å²) in [5.74, 6) is 38.6. The number of ether oxygens (including phenoxy) is 2. The van der Waals surface area contributed by atoms with Gasteiger partial charge in [0.25, 0.3) is 0 Å². The fourth-order valence-electron chi connectivity index (χ4n) is 3.74. The van der Waals surface area contributed by atoms with Gasteiger partial charge >= 0.3 is 11.9 Å². The third-order valence-electron chi connectivity index (χ3n) is 5.96. The minimum Gasteiger partial charge on any atom is -0.464 e. The summed E-state index contributed by atoms with van der Waals surface area (Å²) in [6, 6.07) is 0. The van der Waals surface area contributed by atoms with Crippen molar-refractivity contribution in [1.29, 1.82) is 0 Å². The number of thioether (sulfide) groups is 1. The van der Waals surface area contributed by atoms with Crippen LogP contribution in [0.4, 0.5) is 0 Å². The normalized spacial score (nSPS) is 15.1. The second-order valence-electron chi connectivity index (χ2n) is 9.35. The Morgan fingerprint density at radius 3 is 1.52 bits per heavy atom. The number of carbonyl (C=O) groups is 6. The van der Waals surface area contributed by atoms with Crippen molar-refractivity contribution in [1.82, 2.24) is 9.80 Å². The summed E-state index contributed by atoms with van der Waals surface area (Å²) < 4.78 is 10.2. The number of terminal acetylenes is 1. The van der Waals surface area contributed by atoms with E-state index in [-0.39, 0.29) is 69.7 Å². The maximum Gasteiger partial charge on any atom is 0.306 e. The summed E-state index contributed by atoms with van der Waals surface area (Å²) in [4.78, 5) is 74.3. The number of likely N-dealkylation sites (tertiary alicyclic amines) is 2. The van der Waals surface area contributed by atoms with Crippen molar-refractivity contribution < 1.29 is 38.2 Å². The zero-order valence-electron chi connectivity index (χ0n) is 25.9. The average molecular weight is 659 g/mol. The predicted molar refractivity (Wildman–Crippen MR) is 175 cm³/mol. The van der Waals surface area contributed by atoms with Gasteiger partial charge in [0, 0.05) is 30.3 Å². The van der Waals surface area contributed by atoms with Gasteiger partial charge < -0.3 is 9.47 Å². The minimum absolute atomic E-state index is 0.0385. The molecule has 0 aromatic heterocycles. The van der Waals surface area contributed by atoms with Crippen LogP contribution in [-0.2, 0) is 38.2 Å². The fourth-order valence-corrected chi connectivity index (χ4v) is 4.56. The number of carbonyl (C=O) groups excluding carboxylic acids is 6. The molecule has 0 aliphatic carbocycles. The fraction of sp³-hybridized carbons (Fsp3) is 0.351. The molecule has 2 aliphatic rings. The minimum atomic E-state index is -0.849. The summed E-state index contributed by atoms with van der Waals surface area (Å²) in [5.41, 5.74) is 0. The van der Waals surface area contributed by atoms with Crippen LogP contribution in [0.15, 0.2) is 0 Å². The van der Waals surface area contributed by atoms with Crippen LogP contribution >= 0.6 is 11.8 Å². The summed E-state index contributed by atoms with van der Waals surface area (Å²) in [5, 5.41) is 0. The molecular formula is C37H26N2O8S. The highest BCUT2D eigenvalue weighted by Gasteiger charge is 2.37. The van der Waals surface area contributed by atoms with Crippen molar-refractivity contribution in [2.75, 3.05) is 37.8 Å². The lowest BCUT2D eigenvalue weighted by Crippen LogP contribution is -2.34. The zero-order valence-corrected chi connectivity index (χ0v) is 26.7. The molecule has 0 spiro atoms. The van der Waals surface area contributed by atoms with Crippen LogP contribution in [0.5, 0.6) is 0 Å². The Hall–Kier alpha value is -6.39. The van der Waals surface area contributed by atoms with Gasteiger partial charge in [-0.3, -0.25) is 38.6 Å². The van der Waals surface area contributed by atoms with E-state index >= 15 is 0 Å². The van der Waals surface area contributed by atoms with Gasteiger partial charge in [-0.25, -0.2) is 0 Å². The monoisotopic (exact) mass is 658 g/mol. The number of hydrogen-bond donors (Lipinski definition) is 0. The molecule has 2 rings (SSSR count). The third kappa shape index (κ3) is 14.6. The van der Waals surface area contributed by atoms with Crippen LogP contribution in [0.25, 0.3) is 0 Å². The molecule has 0 bridgehead atoms. The van der Waals surface area contributed by atoms with Crippen molar-refractivity contribution >= 4 is 47.3 Å². The lowest BCUT2D eigenvalue weighted by atomic mass is 10.1. The molecule has 10 nitrogen and oxygen atoms in total. The van der Waals surface area contributed by atoms with E-state index in [0.717, 1.165) is 9.80 Å². The maximum absolute atomic E-state index is 12.5. The SMILES string of the molecule is C#CC#CC#CC#CC#CC#CC#CC#CC#CC1CC(=O)N(CCOC(=O)CCSCCC(=O)OCCN2C(=O)CC(C)C2=O)C1=O. The largest absolute Gasteiger partial charge is 0.464 e.